The van der Waals surface area contributed by atoms with Crippen molar-refractivity contribution in [2.45, 2.75) is 19.3 Å². The molecule has 0 saturated heterocycles. The van der Waals surface area contributed by atoms with Crippen molar-refractivity contribution in [1.82, 2.24) is 0 Å². The smallest absolute Gasteiger partial charge is 0.126 e. The highest BCUT2D eigenvalue weighted by Crippen LogP contribution is 2.46. The minimum absolute atomic E-state index is 0.117. The maximum absolute atomic E-state index is 12.9. The first-order valence-electron chi connectivity index (χ1n) is 4.68. The van der Waals surface area contributed by atoms with Gasteiger partial charge < -0.3 is 5.73 Å². The van der Waals surface area contributed by atoms with Crippen LogP contribution in [0.5, 0.6) is 0 Å². The maximum Gasteiger partial charge on any atom is 0.126 e. The molecule has 0 heterocycles. The topological polar surface area (TPSA) is 26.0 Å². The van der Waals surface area contributed by atoms with E-state index in [1.807, 2.05) is 12.1 Å². The number of rotatable bonds is 2. The van der Waals surface area contributed by atoms with Crippen molar-refractivity contribution < 1.29 is 4.39 Å². The van der Waals surface area contributed by atoms with Crippen molar-refractivity contribution in [2.24, 2.45) is 11.7 Å². The van der Waals surface area contributed by atoms with E-state index < -0.39 is 0 Å². The normalized spacial score (nSPS) is 26.1. The Hall–Kier alpha value is -0.890. The minimum atomic E-state index is -0.117. The van der Waals surface area contributed by atoms with Crippen LogP contribution >= 0.6 is 0 Å². The molecule has 70 valence electrons. The minimum Gasteiger partial charge on any atom is -0.330 e. The molecule has 1 saturated carbocycles. The van der Waals surface area contributed by atoms with E-state index in [9.17, 15) is 4.39 Å². The fourth-order valence-electron chi connectivity index (χ4n) is 1.81. The molecular weight excluding hydrogens is 165 g/mol. The molecule has 1 fully saturated rings. The van der Waals surface area contributed by atoms with Gasteiger partial charge in [0.05, 0.1) is 0 Å². The van der Waals surface area contributed by atoms with E-state index in [1.165, 1.54) is 12.0 Å². The summed E-state index contributed by atoms with van der Waals surface area (Å²) < 4.78 is 12.9. The molecule has 2 heteroatoms. The van der Waals surface area contributed by atoms with Crippen LogP contribution in [-0.2, 0) is 0 Å². The van der Waals surface area contributed by atoms with Gasteiger partial charge in [0.2, 0.25) is 0 Å². The largest absolute Gasteiger partial charge is 0.330 e. The van der Waals surface area contributed by atoms with Crippen LogP contribution in [0.3, 0.4) is 0 Å². The molecule has 1 aliphatic rings. The van der Waals surface area contributed by atoms with E-state index >= 15 is 0 Å². The van der Waals surface area contributed by atoms with Gasteiger partial charge in [0.25, 0.3) is 0 Å². The van der Waals surface area contributed by atoms with Gasteiger partial charge in [-0.1, -0.05) is 12.1 Å². The molecule has 0 radical (unpaired) electrons. The molecule has 0 bridgehead atoms. The van der Waals surface area contributed by atoms with Crippen molar-refractivity contribution in [2.75, 3.05) is 6.54 Å². The second-order valence-electron chi connectivity index (χ2n) is 3.85. The van der Waals surface area contributed by atoms with Crippen LogP contribution in [0.4, 0.5) is 4.39 Å². The van der Waals surface area contributed by atoms with E-state index in [0.29, 0.717) is 11.8 Å². The van der Waals surface area contributed by atoms with Gasteiger partial charge >= 0.3 is 0 Å². The van der Waals surface area contributed by atoms with E-state index in [-0.39, 0.29) is 5.82 Å². The van der Waals surface area contributed by atoms with Crippen molar-refractivity contribution in [3.8, 4) is 0 Å². The van der Waals surface area contributed by atoms with Gasteiger partial charge in [-0.25, -0.2) is 4.39 Å². The van der Waals surface area contributed by atoms with Gasteiger partial charge in [0, 0.05) is 0 Å². The highest BCUT2D eigenvalue weighted by Gasteiger charge is 2.36. The summed E-state index contributed by atoms with van der Waals surface area (Å²) in [7, 11) is 0. The summed E-state index contributed by atoms with van der Waals surface area (Å²) in [5.41, 5.74) is 7.54. The zero-order valence-corrected chi connectivity index (χ0v) is 7.76. The number of halogens is 1. The average Bonchev–Trinajstić information content (AvgIpc) is 2.88. The summed E-state index contributed by atoms with van der Waals surface area (Å²) in [6, 6.07) is 5.37. The molecule has 2 N–H and O–H groups in total. The third kappa shape index (κ3) is 1.59. The lowest BCUT2D eigenvalue weighted by atomic mass is 10.1. The quantitative estimate of drug-likeness (QED) is 0.740. The molecule has 0 unspecified atom stereocenters. The summed E-state index contributed by atoms with van der Waals surface area (Å²) in [4.78, 5) is 0. The zero-order valence-electron chi connectivity index (χ0n) is 7.76. The second kappa shape index (κ2) is 3.11. The third-order valence-corrected chi connectivity index (χ3v) is 2.84. The van der Waals surface area contributed by atoms with Crippen molar-refractivity contribution in [1.29, 1.82) is 0 Å². The average molecular weight is 179 g/mol. The number of hydrogen-bond donors (Lipinski definition) is 1. The zero-order chi connectivity index (χ0) is 9.42. The predicted molar refractivity (Wildman–Crippen MR) is 51.0 cm³/mol. The van der Waals surface area contributed by atoms with Gasteiger partial charge in [-0.2, -0.15) is 0 Å². The van der Waals surface area contributed by atoms with Crippen LogP contribution in [0.1, 0.15) is 23.5 Å². The molecule has 1 nitrogen and oxygen atoms in total. The maximum atomic E-state index is 12.9. The standard InChI is InChI=1S/C11H14FN/c1-7-4-8(2-3-11(7)12)10-5-9(10)6-13/h2-4,9-10H,5-6,13H2,1H3/t9-,10-/m0/s1. The monoisotopic (exact) mass is 179 g/mol. The number of hydrogen-bond acceptors (Lipinski definition) is 1. The molecule has 2 atom stereocenters. The summed E-state index contributed by atoms with van der Waals surface area (Å²) in [5.74, 6) is 1.10. The third-order valence-electron chi connectivity index (χ3n) is 2.84. The molecule has 0 aliphatic heterocycles. The highest BCUT2D eigenvalue weighted by atomic mass is 19.1. The summed E-state index contributed by atoms with van der Waals surface area (Å²) >= 11 is 0. The van der Waals surface area contributed by atoms with Gasteiger partial charge in [-0.3, -0.25) is 0 Å². The van der Waals surface area contributed by atoms with E-state index in [1.54, 1.807) is 13.0 Å². The van der Waals surface area contributed by atoms with Gasteiger partial charge in [-0.05, 0) is 48.9 Å². The SMILES string of the molecule is Cc1cc([C@@H]2C[C@H]2CN)ccc1F. The van der Waals surface area contributed by atoms with E-state index in [0.717, 1.165) is 12.1 Å². The molecule has 0 amide bonds. The summed E-state index contributed by atoms with van der Waals surface area (Å²) in [6.07, 6.45) is 1.17. The molecule has 1 aliphatic carbocycles. The Morgan fingerprint density at radius 3 is 2.85 bits per heavy atom. The molecule has 13 heavy (non-hydrogen) atoms. The Labute approximate surface area is 77.8 Å². The molecule has 0 aromatic heterocycles. The Balaban J connectivity index is 2.19. The second-order valence-corrected chi connectivity index (χ2v) is 3.85. The fourth-order valence-corrected chi connectivity index (χ4v) is 1.81. The van der Waals surface area contributed by atoms with Gasteiger partial charge in [0.1, 0.15) is 5.82 Å². The van der Waals surface area contributed by atoms with Gasteiger partial charge in [-0.15, -0.1) is 0 Å². The Morgan fingerprint density at radius 2 is 2.31 bits per heavy atom. The lowest BCUT2D eigenvalue weighted by Gasteiger charge is -2.01. The lowest BCUT2D eigenvalue weighted by molar-refractivity contribution is 0.617. The van der Waals surface area contributed by atoms with Crippen LogP contribution in [0.15, 0.2) is 18.2 Å². The number of benzene rings is 1. The first-order chi connectivity index (χ1) is 6.22. The molecule has 1 aromatic rings. The number of nitrogens with two attached hydrogens (primary N) is 1. The number of aryl methyl sites for hydroxylation is 1. The molecular formula is C11H14FN. The predicted octanol–water partition coefficient (Wildman–Crippen LogP) is 2.20. The molecule has 2 rings (SSSR count). The summed E-state index contributed by atoms with van der Waals surface area (Å²) in [6.45, 7) is 2.56. The highest BCUT2D eigenvalue weighted by molar-refractivity contribution is 5.30. The van der Waals surface area contributed by atoms with Gasteiger partial charge in [0.15, 0.2) is 0 Å². The lowest BCUT2D eigenvalue weighted by Crippen LogP contribution is -2.02. The van der Waals surface area contributed by atoms with Crippen molar-refractivity contribution >= 4 is 0 Å². The Bertz CT molecular complexity index is 322. The van der Waals surface area contributed by atoms with Crippen LogP contribution in [0.2, 0.25) is 0 Å². The first kappa shape index (κ1) is 8.70. The molecule has 1 aromatic carbocycles. The van der Waals surface area contributed by atoms with Crippen LogP contribution in [0.25, 0.3) is 0 Å². The van der Waals surface area contributed by atoms with Crippen LogP contribution in [0, 0.1) is 18.7 Å². The van der Waals surface area contributed by atoms with E-state index in [4.69, 9.17) is 5.73 Å². The molecule has 0 spiro atoms. The van der Waals surface area contributed by atoms with E-state index in [2.05, 4.69) is 0 Å². The van der Waals surface area contributed by atoms with Crippen molar-refractivity contribution in [3.05, 3.63) is 35.1 Å². The first-order valence-corrected chi connectivity index (χ1v) is 4.68. The summed E-state index contributed by atoms with van der Waals surface area (Å²) in [5, 5.41) is 0. The fraction of sp³-hybridized carbons (Fsp3) is 0.455. The Morgan fingerprint density at radius 1 is 1.54 bits per heavy atom. The van der Waals surface area contributed by atoms with Crippen LogP contribution < -0.4 is 5.73 Å². The van der Waals surface area contributed by atoms with Crippen LogP contribution in [-0.4, -0.2) is 6.54 Å². The van der Waals surface area contributed by atoms with Crippen molar-refractivity contribution in [3.63, 3.8) is 0 Å². The Kier molecular flexibility index (Phi) is 2.08.